The Labute approximate surface area is 115 Å². The van der Waals surface area contributed by atoms with E-state index in [1.165, 1.54) is 12.5 Å². The maximum atomic E-state index is 11.1. The summed E-state index contributed by atoms with van der Waals surface area (Å²) in [4.78, 5) is 11.1. The molecular weight excluding hydrogens is 240 g/mol. The van der Waals surface area contributed by atoms with E-state index in [1.807, 2.05) is 6.92 Å². The smallest absolute Gasteiger partial charge is 0.339 e. The van der Waals surface area contributed by atoms with Crippen LogP contribution in [-0.4, -0.2) is 16.2 Å². The van der Waals surface area contributed by atoms with Crippen LogP contribution in [0.4, 0.5) is 0 Å². The summed E-state index contributed by atoms with van der Waals surface area (Å²) in [6.45, 7) is 6.24. The quantitative estimate of drug-likeness (QED) is 0.777. The van der Waals surface area contributed by atoms with Crippen molar-refractivity contribution in [1.82, 2.24) is 0 Å². The lowest BCUT2D eigenvalue weighted by molar-refractivity contribution is 0.0693. The molecule has 1 atom stereocenters. The molecule has 1 aromatic rings. The standard InChI is InChI=1S/C16H24O3/c1-4-6-7-12(5-2)10-14-11(3)8-9-13(15(14)17)16(18)19/h8-9,12,17H,4-7,10H2,1-3H3,(H,18,19). The highest BCUT2D eigenvalue weighted by Crippen LogP contribution is 2.30. The van der Waals surface area contributed by atoms with Crippen molar-refractivity contribution in [2.75, 3.05) is 0 Å². The van der Waals surface area contributed by atoms with Crippen LogP contribution >= 0.6 is 0 Å². The van der Waals surface area contributed by atoms with Gasteiger partial charge < -0.3 is 10.2 Å². The molecule has 0 saturated heterocycles. The van der Waals surface area contributed by atoms with Gasteiger partial charge >= 0.3 is 5.97 Å². The summed E-state index contributed by atoms with van der Waals surface area (Å²) in [5.41, 5.74) is 1.77. The number of hydrogen-bond donors (Lipinski definition) is 2. The first kappa shape index (κ1) is 15.5. The van der Waals surface area contributed by atoms with Crippen molar-refractivity contribution in [1.29, 1.82) is 0 Å². The van der Waals surface area contributed by atoms with Crippen molar-refractivity contribution in [3.63, 3.8) is 0 Å². The second-order valence-corrected chi connectivity index (χ2v) is 5.18. The van der Waals surface area contributed by atoms with Gasteiger partial charge in [-0.25, -0.2) is 4.79 Å². The summed E-state index contributed by atoms with van der Waals surface area (Å²) >= 11 is 0. The van der Waals surface area contributed by atoms with E-state index in [2.05, 4.69) is 13.8 Å². The van der Waals surface area contributed by atoms with Gasteiger partial charge in [0.15, 0.2) is 0 Å². The van der Waals surface area contributed by atoms with Crippen LogP contribution in [0, 0.1) is 12.8 Å². The zero-order valence-electron chi connectivity index (χ0n) is 12.1. The largest absolute Gasteiger partial charge is 0.507 e. The van der Waals surface area contributed by atoms with Crippen LogP contribution in [0.2, 0.25) is 0 Å². The van der Waals surface area contributed by atoms with Crippen molar-refractivity contribution in [2.45, 2.75) is 52.9 Å². The number of rotatable bonds is 7. The average Bonchev–Trinajstić information content (AvgIpc) is 2.37. The highest BCUT2D eigenvalue weighted by atomic mass is 16.4. The van der Waals surface area contributed by atoms with Gasteiger partial charge in [0.05, 0.1) is 0 Å². The molecule has 3 nitrogen and oxygen atoms in total. The fraction of sp³-hybridized carbons (Fsp3) is 0.562. The van der Waals surface area contributed by atoms with Gasteiger partial charge in [0.1, 0.15) is 11.3 Å². The van der Waals surface area contributed by atoms with E-state index < -0.39 is 5.97 Å². The van der Waals surface area contributed by atoms with Crippen LogP contribution in [0.1, 0.15) is 61.0 Å². The van der Waals surface area contributed by atoms with Crippen LogP contribution < -0.4 is 0 Å². The van der Waals surface area contributed by atoms with Crippen LogP contribution in [0.25, 0.3) is 0 Å². The Hall–Kier alpha value is -1.51. The zero-order valence-corrected chi connectivity index (χ0v) is 12.1. The molecule has 1 unspecified atom stereocenters. The monoisotopic (exact) mass is 264 g/mol. The van der Waals surface area contributed by atoms with Crippen LogP contribution in [0.5, 0.6) is 5.75 Å². The van der Waals surface area contributed by atoms with Gasteiger partial charge in [-0.15, -0.1) is 0 Å². The summed E-state index contributed by atoms with van der Waals surface area (Å²) in [5, 5.41) is 19.2. The Morgan fingerprint density at radius 2 is 2.00 bits per heavy atom. The Kier molecular flexibility index (Phi) is 5.87. The van der Waals surface area contributed by atoms with Gasteiger partial charge in [0.2, 0.25) is 0 Å². The molecule has 1 aromatic carbocycles. The normalized spacial score (nSPS) is 12.4. The van der Waals surface area contributed by atoms with Crippen molar-refractivity contribution < 1.29 is 15.0 Å². The molecule has 0 heterocycles. The van der Waals surface area contributed by atoms with Gasteiger partial charge in [0, 0.05) is 0 Å². The predicted molar refractivity (Wildman–Crippen MR) is 76.8 cm³/mol. The number of aryl methyl sites for hydroxylation is 1. The number of benzene rings is 1. The Morgan fingerprint density at radius 3 is 2.53 bits per heavy atom. The highest BCUT2D eigenvalue weighted by Gasteiger charge is 2.18. The third-order valence-corrected chi connectivity index (χ3v) is 3.78. The van der Waals surface area contributed by atoms with Gasteiger partial charge in [-0.05, 0) is 36.5 Å². The minimum Gasteiger partial charge on any atom is -0.507 e. The molecule has 0 aromatic heterocycles. The molecule has 3 heteroatoms. The number of carboxylic acid groups (broad SMARTS) is 1. The molecule has 0 amide bonds. The Bertz CT molecular complexity index is 438. The van der Waals surface area contributed by atoms with Gasteiger partial charge in [-0.1, -0.05) is 45.6 Å². The number of carbonyl (C=O) groups is 1. The molecule has 2 N–H and O–H groups in total. The van der Waals surface area contributed by atoms with Crippen LogP contribution in [0.3, 0.4) is 0 Å². The number of unbranched alkanes of at least 4 members (excludes halogenated alkanes) is 1. The van der Waals surface area contributed by atoms with E-state index >= 15 is 0 Å². The molecule has 0 fully saturated rings. The second-order valence-electron chi connectivity index (χ2n) is 5.18. The molecule has 0 radical (unpaired) electrons. The molecule has 1 rings (SSSR count). The van der Waals surface area contributed by atoms with E-state index in [-0.39, 0.29) is 11.3 Å². The van der Waals surface area contributed by atoms with Crippen molar-refractivity contribution >= 4 is 5.97 Å². The Balaban J connectivity index is 2.98. The number of aromatic carboxylic acids is 1. The second kappa shape index (κ2) is 7.17. The van der Waals surface area contributed by atoms with Crippen molar-refractivity contribution in [3.8, 4) is 5.75 Å². The molecule has 0 aliphatic heterocycles. The molecule has 19 heavy (non-hydrogen) atoms. The fourth-order valence-electron chi connectivity index (χ4n) is 2.40. The van der Waals surface area contributed by atoms with E-state index in [9.17, 15) is 9.90 Å². The maximum Gasteiger partial charge on any atom is 0.339 e. The molecule has 0 saturated carbocycles. The van der Waals surface area contributed by atoms with Crippen LogP contribution in [0.15, 0.2) is 12.1 Å². The summed E-state index contributed by atoms with van der Waals surface area (Å²) in [6, 6.07) is 3.26. The predicted octanol–water partition coefficient (Wildman–Crippen LogP) is 4.16. The fourth-order valence-corrected chi connectivity index (χ4v) is 2.40. The van der Waals surface area contributed by atoms with E-state index in [4.69, 9.17) is 5.11 Å². The SMILES string of the molecule is CCCCC(CC)Cc1c(C)ccc(C(=O)O)c1O. The molecule has 0 spiro atoms. The topological polar surface area (TPSA) is 57.5 Å². The van der Waals surface area contributed by atoms with E-state index in [1.54, 1.807) is 6.07 Å². The number of hydrogen-bond acceptors (Lipinski definition) is 2. The molecular formula is C16H24O3. The Morgan fingerprint density at radius 1 is 1.32 bits per heavy atom. The lowest BCUT2D eigenvalue weighted by Crippen LogP contribution is -2.07. The molecule has 0 aliphatic carbocycles. The van der Waals surface area contributed by atoms with Crippen molar-refractivity contribution in [2.24, 2.45) is 5.92 Å². The summed E-state index contributed by atoms with van der Waals surface area (Å²) in [5.74, 6) is -0.614. The molecule has 0 aliphatic rings. The summed E-state index contributed by atoms with van der Waals surface area (Å²) in [7, 11) is 0. The third kappa shape index (κ3) is 3.98. The first-order chi connectivity index (χ1) is 9.01. The first-order valence-electron chi connectivity index (χ1n) is 7.05. The third-order valence-electron chi connectivity index (χ3n) is 3.78. The summed E-state index contributed by atoms with van der Waals surface area (Å²) in [6.07, 6.45) is 5.28. The van der Waals surface area contributed by atoms with E-state index in [0.29, 0.717) is 5.92 Å². The van der Waals surface area contributed by atoms with Crippen molar-refractivity contribution in [3.05, 3.63) is 28.8 Å². The lowest BCUT2D eigenvalue weighted by Gasteiger charge is -2.18. The minimum absolute atomic E-state index is 0.00550. The van der Waals surface area contributed by atoms with Crippen LogP contribution in [-0.2, 0) is 6.42 Å². The maximum absolute atomic E-state index is 11.1. The first-order valence-corrected chi connectivity index (χ1v) is 7.05. The molecule has 106 valence electrons. The minimum atomic E-state index is -1.07. The lowest BCUT2D eigenvalue weighted by atomic mass is 9.88. The number of phenols is 1. The number of aromatic hydroxyl groups is 1. The highest BCUT2D eigenvalue weighted by molar-refractivity contribution is 5.91. The van der Waals surface area contributed by atoms with Gasteiger partial charge in [0.25, 0.3) is 0 Å². The molecule has 0 bridgehead atoms. The number of carboxylic acids is 1. The van der Waals surface area contributed by atoms with Gasteiger partial charge in [-0.2, -0.15) is 0 Å². The zero-order chi connectivity index (χ0) is 14.4. The average molecular weight is 264 g/mol. The van der Waals surface area contributed by atoms with Gasteiger partial charge in [-0.3, -0.25) is 0 Å². The summed E-state index contributed by atoms with van der Waals surface area (Å²) < 4.78 is 0. The van der Waals surface area contributed by atoms with E-state index in [0.717, 1.165) is 36.8 Å².